The smallest absolute Gasteiger partial charge is 0.243 e. The standard InChI is InChI=1S/C37H45N9O6/c1-22(47)43-31(19-24-13-15-26(48)16-14-24)35(51)46-32(18-23-8-3-2-4-9-23)36(52)44-29(12-7-17-41-37(39)40)34(50)45-30(33(38)49)20-25-21-42-28-11-6-5-10-27(25)28/h2-6,8-11,13-16,21,29-32,42,48H,7,12,17-20H2,1H3,(H2,38,49)(H,43,47)(H,44,52)(H,45,50)(H,46,51)(H4,39,40,41)/t29-,30-,31-,32+/m0/s1. The summed E-state index contributed by atoms with van der Waals surface area (Å²) in [6.45, 7) is 1.44. The number of hydrogen-bond donors (Lipinski definition) is 9. The van der Waals surface area contributed by atoms with E-state index in [0.717, 1.165) is 22.0 Å². The summed E-state index contributed by atoms with van der Waals surface area (Å²) >= 11 is 0. The van der Waals surface area contributed by atoms with Gasteiger partial charge in [-0.1, -0.05) is 60.7 Å². The molecule has 4 atom stereocenters. The quantitative estimate of drug-likeness (QED) is 0.0395. The highest BCUT2D eigenvalue weighted by Gasteiger charge is 2.31. The molecule has 12 N–H and O–H groups in total. The first-order valence-electron chi connectivity index (χ1n) is 16.8. The van der Waals surface area contributed by atoms with E-state index in [1.54, 1.807) is 42.6 Å². The molecule has 0 unspecified atom stereocenters. The summed E-state index contributed by atoms with van der Waals surface area (Å²) in [5.41, 5.74) is 19.7. The fraction of sp³-hybridized carbons (Fsp3) is 0.297. The lowest BCUT2D eigenvalue weighted by Gasteiger charge is -2.26. The van der Waals surface area contributed by atoms with E-state index < -0.39 is 53.7 Å². The maximum atomic E-state index is 14.0. The normalized spacial score (nSPS) is 13.2. The number of phenolic OH excluding ortho intramolecular Hbond substituents is 1. The number of hydrogen-bond acceptors (Lipinski definition) is 7. The lowest BCUT2D eigenvalue weighted by molar-refractivity contribution is -0.134. The summed E-state index contributed by atoms with van der Waals surface area (Å²) in [5, 5.41) is 21.4. The Bertz CT molecular complexity index is 1870. The van der Waals surface area contributed by atoms with Crippen LogP contribution in [0.15, 0.2) is 90.1 Å². The molecule has 0 bridgehead atoms. The molecule has 15 heteroatoms. The first kappa shape index (κ1) is 38.4. The molecule has 15 nitrogen and oxygen atoms in total. The van der Waals surface area contributed by atoms with Crippen molar-refractivity contribution in [2.75, 3.05) is 6.54 Å². The monoisotopic (exact) mass is 711 g/mol. The van der Waals surface area contributed by atoms with Gasteiger partial charge in [-0.05, 0) is 47.7 Å². The molecular weight excluding hydrogens is 666 g/mol. The minimum absolute atomic E-state index is 0.0425. The van der Waals surface area contributed by atoms with Crippen LogP contribution in [-0.4, -0.2) is 76.3 Å². The predicted octanol–water partition coefficient (Wildman–Crippen LogP) is 0.399. The number of nitrogens with one attached hydrogen (secondary N) is 5. The summed E-state index contributed by atoms with van der Waals surface area (Å²) in [4.78, 5) is 73.3. The third kappa shape index (κ3) is 11.6. The van der Waals surface area contributed by atoms with Gasteiger partial charge in [0.05, 0.1) is 0 Å². The molecule has 1 aromatic heterocycles. The Morgan fingerprint density at radius 1 is 0.692 bits per heavy atom. The Morgan fingerprint density at radius 3 is 1.88 bits per heavy atom. The molecule has 0 aliphatic carbocycles. The van der Waals surface area contributed by atoms with Crippen molar-refractivity contribution in [3.05, 3.63) is 102 Å². The zero-order valence-corrected chi connectivity index (χ0v) is 28.8. The summed E-state index contributed by atoms with van der Waals surface area (Å²) in [6.07, 6.45) is 2.33. The molecule has 5 amide bonds. The van der Waals surface area contributed by atoms with E-state index in [9.17, 15) is 29.1 Å². The molecule has 274 valence electrons. The van der Waals surface area contributed by atoms with Gasteiger partial charge in [-0.15, -0.1) is 0 Å². The van der Waals surface area contributed by atoms with E-state index in [-0.39, 0.29) is 50.4 Å². The second-order valence-electron chi connectivity index (χ2n) is 12.4. The topological polar surface area (TPSA) is 260 Å². The molecule has 0 saturated heterocycles. The number of carbonyl (C=O) groups is 5. The van der Waals surface area contributed by atoms with Crippen molar-refractivity contribution in [1.82, 2.24) is 26.3 Å². The molecule has 1 heterocycles. The predicted molar refractivity (Wildman–Crippen MR) is 196 cm³/mol. The van der Waals surface area contributed by atoms with Gasteiger partial charge >= 0.3 is 0 Å². The van der Waals surface area contributed by atoms with Crippen LogP contribution in [0.4, 0.5) is 0 Å². The van der Waals surface area contributed by atoms with Crippen LogP contribution in [0.5, 0.6) is 5.75 Å². The lowest BCUT2D eigenvalue weighted by Crippen LogP contribution is -2.59. The fourth-order valence-electron chi connectivity index (χ4n) is 5.71. The van der Waals surface area contributed by atoms with Gasteiger partial charge in [0.1, 0.15) is 29.9 Å². The highest BCUT2D eigenvalue weighted by molar-refractivity contribution is 5.96. The van der Waals surface area contributed by atoms with Crippen molar-refractivity contribution in [3.8, 4) is 5.75 Å². The molecule has 0 spiro atoms. The van der Waals surface area contributed by atoms with Crippen LogP contribution >= 0.6 is 0 Å². The van der Waals surface area contributed by atoms with Gasteiger partial charge < -0.3 is 48.6 Å². The number of aromatic amines is 1. The number of aliphatic imine (C=N–C) groups is 1. The number of para-hydroxylation sites is 1. The zero-order chi connectivity index (χ0) is 37.6. The van der Waals surface area contributed by atoms with Crippen LogP contribution < -0.4 is 38.5 Å². The zero-order valence-electron chi connectivity index (χ0n) is 28.8. The summed E-state index contributed by atoms with van der Waals surface area (Å²) in [6, 6.07) is 18.1. The van der Waals surface area contributed by atoms with E-state index >= 15 is 0 Å². The maximum Gasteiger partial charge on any atom is 0.243 e. The minimum atomic E-state index is -1.18. The highest BCUT2D eigenvalue weighted by atomic mass is 16.3. The number of benzene rings is 3. The molecular formula is C37H45N9O6. The van der Waals surface area contributed by atoms with Crippen LogP contribution in [0.3, 0.4) is 0 Å². The van der Waals surface area contributed by atoms with Crippen LogP contribution in [0.25, 0.3) is 10.9 Å². The second kappa shape index (κ2) is 18.6. The van der Waals surface area contributed by atoms with Crippen LogP contribution in [0.1, 0.15) is 36.5 Å². The first-order chi connectivity index (χ1) is 24.9. The first-order valence-corrected chi connectivity index (χ1v) is 16.8. The largest absolute Gasteiger partial charge is 0.508 e. The van der Waals surface area contributed by atoms with Crippen LogP contribution in [0.2, 0.25) is 0 Å². The Labute approximate surface area is 300 Å². The number of carbonyl (C=O) groups excluding carboxylic acids is 5. The number of aromatic hydroxyl groups is 1. The van der Waals surface area contributed by atoms with Gasteiger partial charge in [0, 0.05) is 49.8 Å². The van der Waals surface area contributed by atoms with Crippen molar-refractivity contribution in [3.63, 3.8) is 0 Å². The summed E-state index contributed by atoms with van der Waals surface area (Å²) < 4.78 is 0. The number of phenols is 1. The minimum Gasteiger partial charge on any atom is -0.508 e. The number of aromatic nitrogens is 1. The molecule has 52 heavy (non-hydrogen) atoms. The van der Waals surface area contributed by atoms with Gasteiger partial charge in [-0.3, -0.25) is 29.0 Å². The fourth-order valence-corrected chi connectivity index (χ4v) is 5.71. The Balaban J connectivity index is 1.56. The average Bonchev–Trinajstić information content (AvgIpc) is 3.52. The van der Waals surface area contributed by atoms with Gasteiger partial charge in [0.25, 0.3) is 0 Å². The number of nitrogens with two attached hydrogens (primary N) is 3. The van der Waals surface area contributed by atoms with Gasteiger partial charge in [-0.25, -0.2) is 0 Å². The number of nitrogens with zero attached hydrogens (tertiary/aromatic N) is 1. The summed E-state index contributed by atoms with van der Waals surface area (Å²) in [5.74, 6) is -3.31. The highest BCUT2D eigenvalue weighted by Crippen LogP contribution is 2.19. The number of fused-ring (bicyclic) bond motifs is 1. The maximum absolute atomic E-state index is 14.0. The Hall–Kier alpha value is -6.38. The molecule has 0 radical (unpaired) electrons. The number of guanidine groups is 1. The molecule has 0 aliphatic heterocycles. The molecule has 4 rings (SSSR count). The number of H-pyrrole nitrogens is 1. The van der Waals surface area contributed by atoms with Crippen molar-refractivity contribution in [2.24, 2.45) is 22.2 Å². The van der Waals surface area contributed by atoms with Gasteiger partial charge in [0.15, 0.2) is 5.96 Å². The number of primary amides is 1. The van der Waals surface area contributed by atoms with Crippen molar-refractivity contribution < 1.29 is 29.1 Å². The Morgan fingerprint density at radius 2 is 1.25 bits per heavy atom. The van der Waals surface area contributed by atoms with Crippen molar-refractivity contribution >= 4 is 46.4 Å². The van der Waals surface area contributed by atoms with Crippen LogP contribution in [-0.2, 0) is 43.2 Å². The lowest BCUT2D eigenvalue weighted by atomic mass is 10.0. The van der Waals surface area contributed by atoms with Crippen molar-refractivity contribution in [1.29, 1.82) is 0 Å². The van der Waals surface area contributed by atoms with E-state index in [2.05, 4.69) is 31.2 Å². The van der Waals surface area contributed by atoms with Gasteiger partial charge in [-0.2, -0.15) is 0 Å². The average molecular weight is 712 g/mol. The molecule has 4 aromatic rings. The third-order valence-corrected chi connectivity index (χ3v) is 8.32. The molecule has 0 saturated carbocycles. The molecule has 3 aromatic carbocycles. The second-order valence-corrected chi connectivity index (χ2v) is 12.4. The van der Waals surface area contributed by atoms with E-state index in [1.807, 2.05) is 30.3 Å². The SMILES string of the molecule is CC(=O)N[C@@H](Cc1ccc(O)cc1)C(=O)N[C@H](Cc1ccccc1)C(=O)N[C@@H](CCCN=C(N)N)C(=O)N[C@@H](Cc1c[nH]c2ccccc12)C(N)=O. The molecule has 0 fully saturated rings. The van der Waals surface area contributed by atoms with Crippen molar-refractivity contribution in [2.45, 2.75) is 63.2 Å². The van der Waals surface area contributed by atoms with E-state index in [1.165, 1.54) is 19.1 Å². The van der Waals surface area contributed by atoms with Crippen LogP contribution in [0, 0.1) is 0 Å². The number of amides is 5. The van der Waals surface area contributed by atoms with E-state index in [4.69, 9.17) is 17.2 Å². The number of rotatable bonds is 18. The van der Waals surface area contributed by atoms with Gasteiger partial charge in [0.2, 0.25) is 29.5 Å². The van der Waals surface area contributed by atoms with E-state index in [0.29, 0.717) is 5.56 Å². The Kier molecular flexibility index (Phi) is 13.7. The molecule has 0 aliphatic rings. The third-order valence-electron chi connectivity index (χ3n) is 8.32. The summed E-state index contributed by atoms with van der Waals surface area (Å²) in [7, 11) is 0.